The first-order chi connectivity index (χ1) is 15.0. The van der Waals surface area contributed by atoms with E-state index in [0.717, 1.165) is 0 Å². The lowest BCUT2D eigenvalue weighted by Gasteiger charge is -2.16. The van der Waals surface area contributed by atoms with Crippen LogP contribution in [0.15, 0.2) is 77.6 Å². The summed E-state index contributed by atoms with van der Waals surface area (Å²) in [5.74, 6) is -0.145. The number of aromatic nitrogens is 2. The van der Waals surface area contributed by atoms with E-state index in [0.29, 0.717) is 27.7 Å². The Labute approximate surface area is 176 Å². The summed E-state index contributed by atoms with van der Waals surface area (Å²) in [7, 11) is 0. The van der Waals surface area contributed by atoms with Gasteiger partial charge in [-0.3, -0.25) is 9.88 Å². The van der Waals surface area contributed by atoms with E-state index in [4.69, 9.17) is 0 Å². The first kappa shape index (κ1) is 19.8. The number of nitrogens with zero attached hydrogens (tertiary/aromatic N) is 3. The molecule has 1 aromatic heterocycles. The molecule has 2 amide bonds. The number of fused-ring (bicyclic) bond motifs is 1. The molecular formula is C23H16FN5O2. The number of nitrogens with one attached hydrogen (secondary N) is 2. The van der Waals surface area contributed by atoms with Gasteiger partial charge >= 0.3 is 11.7 Å². The summed E-state index contributed by atoms with van der Waals surface area (Å²) in [6, 6.07) is 20.6. The van der Waals surface area contributed by atoms with Crippen LogP contribution in [0.3, 0.4) is 0 Å². The van der Waals surface area contributed by atoms with Crippen molar-refractivity contribution in [1.82, 2.24) is 9.55 Å². The monoisotopic (exact) mass is 413 g/mol. The molecule has 152 valence electrons. The van der Waals surface area contributed by atoms with Gasteiger partial charge in [-0.25, -0.2) is 14.0 Å². The van der Waals surface area contributed by atoms with Crippen molar-refractivity contribution in [2.75, 3.05) is 10.6 Å². The Balaban J connectivity index is 1.74. The molecule has 31 heavy (non-hydrogen) atoms. The van der Waals surface area contributed by atoms with Crippen LogP contribution in [-0.2, 0) is 6.54 Å². The van der Waals surface area contributed by atoms with Gasteiger partial charge in [0.05, 0.1) is 23.3 Å². The van der Waals surface area contributed by atoms with E-state index in [9.17, 15) is 19.2 Å². The van der Waals surface area contributed by atoms with Gasteiger partial charge in [0.25, 0.3) is 0 Å². The van der Waals surface area contributed by atoms with Crippen LogP contribution in [0.5, 0.6) is 0 Å². The number of carbonyl (C=O) groups is 1. The van der Waals surface area contributed by atoms with Crippen LogP contribution < -0.4 is 16.3 Å². The maximum Gasteiger partial charge on any atom is 0.350 e. The van der Waals surface area contributed by atoms with E-state index in [-0.39, 0.29) is 18.2 Å². The molecule has 2 N–H and O–H groups in total. The molecule has 4 rings (SSSR count). The molecule has 0 atom stereocenters. The summed E-state index contributed by atoms with van der Waals surface area (Å²) in [6.07, 6.45) is 0. The second kappa shape index (κ2) is 8.47. The Kier molecular flexibility index (Phi) is 5.41. The van der Waals surface area contributed by atoms with Crippen molar-refractivity contribution in [2.45, 2.75) is 6.54 Å². The fourth-order valence-electron chi connectivity index (χ4n) is 3.18. The third-order valence-corrected chi connectivity index (χ3v) is 4.66. The van der Waals surface area contributed by atoms with Crippen molar-refractivity contribution in [2.24, 2.45) is 0 Å². The van der Waals surface area contributed by atoms with Crippen LogP contribution in [0.1, 0.15) is 11.1 Å². The lowest BCUT2D eigenvalue weighted by molar-refractivity contribution is 0.262. The molecule has 0 unspecified atom stereocenters. The Hall–Kier alpha value is -4.51. The van der Waals surface area contributed by atoms with Crippen molar-refractivity contribution in [3.63, 3.8) is 0 Å². The number of rotatable bonds is 4. The smallest absolute Gasteiger partial charge is 0.306 e. The SMILES string of the molecule is N#Cc1ccccc1NC(=O)Nc1c2ccccc2nc(=O)n1Cc1ccc(F)cc1. The molecule has 0 spiro atoms. The Bertz CT molecular complexity index is 1370. The van der Waals surface area contributed by atoms with Crippen LogP contribution in [0.25, 0.3) is 10.9 Å². The van der Waals surface area contributed by atoms with Crippen LogP contribution >= 0.6 is 0 Å². The molecule has 0 aliphatic carbocycles. The van der Waals surface area contributed by atoms with Crippen molar-refractivity contribution in [1.29, 1.82) is 5.26 Å². The lowest BCUT2D eigenvalue weighted by atomic mass is 10.2. The molecule has 0 fully saturated rings. The Morgan fingerprint density at radius 2 is 1.71 bits per heavy atom. The van der Waals surface area contributed by atoms with E-state index >= 15 is 0 Å². The highest BCUT2D eigenvalue weighted by Crippen LogP contribution is 2.22. The van der Waals surface area contributed by atoms with Crippen LogP contribution in [0, 0.1) is 17.1 Å². The summed E-state index contributed by atoms with van der Waals surface area (Å²) in [5, 5.41) is 15.1. The number of hydrogen-bond donors (Lipinski definition) is 2. The van der Waals surface area contributed by atoms with Gasteiger partial charge in [-0.2, -0.15) is 10.2 Å². The molecule has 0 saturated heterocycles. The molecule has 0 aliphatic heterocycles. The number of hydrogen-bond acceptors (Lipinski definition) is 4. The zero-order valence-corrected chi connectivity index (χ0v) is 16.2. The largest absolute Gasteiger partial charge is 0.350 e. The third kappa shape index (κ3) is 4.26. The van der Waals surface area contributed by atoms with Crippen molar-refractivity contribution >= 4 is 28.4 Å². The highest BCUT2D eigenvalue weighted by Gasteiger charge is 2.15. The standard InChI is InChI=1S/C23H16FN5O2/c24-17-11-9-15(10-12-17)14-29-21(18-6-2-4-8-20(18)27-23(29)31)28-22(30)26-19-7-3-1-5-16(19)13-25/h1-12H,14H2,(H2,26,28,30). The molecule has 0 saturated carbocycles. The Morgan fingerprint density at radius 1 is 1.00 bits per heavy atom. The number of benzene rings is 3. The zero-order valence-electron chi connectivity index (χ0n) is 16.2. The van der Waals surface area contributed by atoms with E-state index in [1.54, 1.807) is 60.7 Å². The summed E-state index contributed by atoms with van der Waals surface area (Å²) in [6.45, 7) is 0.0847. The minimum atomic E-state index is -0.619. The van der Waals surface area contributed by atoms with Crippen LogP contribution in [-0.4, -0.2) is 15.6 Å². The number of carbonyl (C=O) groups excluding carboxylic acids is 1. The average molecular weight is 413 g/mol. The molecule has 8 heteroatoms. The molecule has 4 aromatic rings. The molecule has 0 aliphatic rings. The maximum atomic E-state index is 13.3. The predicted molar refractivity (Wildman–Crippen MR) is 115 cm³/mol. The van der Waals surface area contributed by atoms with Crippen molar-refractivity contribution in [3.05, 3.63) is 100 Å². The van der Waals surface area contributed by atoms with Gasteiger partial charge in [-0.1, -0.05) is 36.4 Å². The summed E-state index contributed by atoms with van der Waals surface area (Å²) < 4.78 is 14.6. The summed E-state index contributed by atoms with van der Waals surface area (Å²) >= 11 is 0. The topological polar surface area (TPSA) is 99.8 Å². The minimum Gasteiger partial charge on any atom is -0.306 e. The third-order valence-electron chi connectivity index (χ3n) is 4.66. The highest BCUT2D eigenvalue weighted by molar-refractivity contribution is 6.04. The quantitative estimate of drug-likeness (QED) is 0.526. The van der Waals surface area contributed by atoms with Crippen LogP contribution in [0.4, 0.5) is 20.7 Å². The van der Waals surface area contributed by atoms with Gasteiger partial charge < -0.3 is 5.32 Å². The first-order valence-electron chi connectivity index (χ1n) is 9.36. The number of amides is 2. The molecular weight excluding hydrogens is 397 g/mol. The lowest BCUT2D eigenvalue weighted by Crippen LogP contribution is -2.30. The molecule has 0 bridgehead atoms. The van der Waals surface area contributed by atoms with E-state index in [1.165, 1.54) is 16.7 Å². The fourth-order valence-corrected chi connectivity index (χ4v) is 3.18. The molecule has 3 aromatic carbocycles. The second-order valence-corrected chi connectivity index (χ2v) is 6.71. The number of para-hydroxylation sites is 2. The van der Waals surface area contributed by atoms with Gasteiger partial charge in [0.15, 0.2) is 0 Å². The number of nitriles is 1. The first-order valence-corrected chi connectivity index (χ1v) is 9.36. The van der Waals surface area contributed by atoms with Crippen molar-refractivity contribution in [3.8, 4) is 6.07 Å². The van der Waals surface area contributed by atoms with Gasteiger partial charge in [0.2, 0.25) is 0 Å². The zero-order chi connectivity index (χ0) is 21.8. The maximum absolute atomic E-state index is 13.3. The highest BCUT2D eigenvalue weighted by atomic mass is 19.1. The van der Waals surface area contributed by atoms with Gasteiger partial charge in [0.1, 0.15) is 17.7 Å². The van der Waals surface area contributed by atoms with Gasteiger partial charge in [0, 0.05) is 5.39 Å². The van der Waals surface area contributed by atoms with Crippen LogP contribution in [0.2, 0.25) is 0 Å². The average Bonchev–Trinajstić information content (AvgIpc) is 2.77. The minimum absolute atomic E-state index is 0.0847. The molecule has 7 nitrogen and oxygen atoms in total. The molecule has 0 radical (unpaired) electrons. The number of halogens is 1. The second-order valence-electron chi connectivity index (χ2n) is 6.71. The van der Waals surface area contributed by atoms with E-state index in [1.807, 2.05) is 6.07 Å². The number of anilines is 2. The summed E-state index contributed by atoms with van der Waals surface area (Å²) in [5.41, 5.74) is 1.18. The Morgan fingerprint density at radius 3 is 2.48 bits per heavy atom. The summed E-state index contributed by atoms with van der Waals surface area (Å²) in [4.78, 5) is 29.6. The van der Waals surface area contributed by atoms with Crippen molar-refractivity contribution < 1.29 is 9.18 Å². The fraction of sp³-hybridized carbons (Fsp3) is 0.0435. The predicted octanol–water partition coefficient (Wildman–Crippen LogP) is 4.10. The van der Waals surface area contributed by atoms with Gasteiger partial charge in [-0.05, 0) is 42.0 Å². The number of urea groups is 1. The molecule has 1 heterocycles. The van der Waals surface area contributed by atoms with E-state index in [2.05, 4.69) is 15.6 Å². The van der Waals surface area contributed by atoms with E-state index < -0.39 is 11.7 Å². The normalized spacial score (nSPS) is 10.5. The van der Waals surface area contributed by atoms with Gasteiger partial charge in [-0.15, -0.1) is 0 Å².